The van der Waals surface area contributed by atoms with Crippen LogP contribution in [-0.4, -0.2) is 25.0 Å². The average molecular weight is 197 g/mol. The second-order valence-corrected chi connectivity index (χ2v) is 3.97. The molecule has 4 heteroatoms. The molecule has 1 rings (SSSR count). The van der Waals surface area contributed by atoms with Crippen LogP contribution in [0.1, 0.15) is 10.4 Å². The van der Waals surface area contributed by atoms with E-state index < -0.39 is 0 Å². The van der Waals surface area contributed by atoms with Gasteiger partial charge in [0.25, 0.3) is 0 Å². The van der Waals surface area contributed by atoms with E-state index in [0.717, 1.165) is 6.54 Å². The minimum absolute atomic E-state index is 0.577. The maximum absolute atomic E-state index is 5.66. The Morgan fingerprint density at radius 3 is 2.85 bits per heavy atom. The van der Waals surface area contributed by atoms with Gasteiger partial charge in [-0.05, 0) is 23.9 Å². The van der Waals surface area contributed by atoms with Gasteiger partial charge in [-0.3, -0.25) is 4.99 Å². The molecule has 0 saturated heterocycles. The molecule has 0 fully saturated rings. The lowest BCUT2D eigenvalue weighted by Crippen LogP contribution is -2.33. The van der Waals surface area contributed by atoms with E-state index >= 15 is 0 Å². The Balaban J connectivity index is 2.65. The lowest BCUT2D eigenvalue weighted by Gasteiger charge is -2.16. The van der Waals surface area contributed by atoms with Crippen molar-refractivity contribution < 1.29 is 0 Å². The van der Waals surface area contributed by atoms with Crippen LogP contribution in [0.2, 0.25) is 0 Å². The van der Waals surface area contributed by atoms with Crippen molar-refractivity contribution in [3.05, 3.63) is 21.9 Å². The van der Waals surface area contributed by atoms with Crippen LogP contribution in [0.5, 0.6) is 0 Å². The van der Waals surface area contributed by atoms with Crippen molar-refractivity contribution >= 4 is 17.3 Å². The predicted molar refractivity (Wildman–Crippen MR) is 58.1 cm³/mol. The van der Waals surface area contributed by atoms with Crippen LogP contribution in [0.15, 0.2) is 16.4 Å². The molecule has 0 saturated carbocycles. The van der Waals surface area contributed by atoms with Gasteiger partial charge in [0.15, 0.2) is 5.96 Å². The molecular weight excluding hydrogens is 182 g/mol. The molecule has 1 heterocycles. The highest BCUT2D eigenvalue weighted by molar-refractivity contribution is 7.10. The lowest BCUT2D eigenvalue weighted by atomic mass is 10.3. The first kappa shape index (κ1) is 10.1. The third-order valence-electron chi connectivity index (χ3n) is 1.97. The standard InChI is InChI=1S/C9H15N3S/c1-7-4-5-13-8(7)6-12(3)9(10)11-2/h4-5H,6H2,1-3H3,(H2,10,11). The maximum Gasteiger partial charge on any atom is 0.191 e. The van der Waals surface area contributed by atoms with Gasteiger partial charge in [-0.15, -0.1) is 11.3 Å². The van der Waals surface area contributed by atoms with Crippen LogP contribution in [0.4, 0.5) is 0 Å². The Kier molecular flexibility index (Phi) is 3.31. The van der Waals surface area contributed by atoms with Gasteiger partial charge in [0, 0.05) is 19.0 Å². The Morgan fingerprint density at radius 1 is 1.69 bits per heavy atom. The smallest absolute Gasteiger partial charge is 0.191 e. The maximum atomic E-state index is 5.66. The lowest BCUT2D eigenvalue weighted by molar-refractivity contribution is 0.498. The second kappa shape index (κ2) is 4.28. The number of hydrogen-bond donors (Lipinski definition) is 1. The molecule has 0 aliphatic carbocycles. The van der Waals surface area contributed by atoms with Crippen LogP contribution in [-0.2, 0) is 6.54 Å². The molecule has 0 aromatic carbocycles. The summed E-state index contributed by atoms with van der Waals surface area (Å²) in [5.41, 5.74) is 6.98. The van der Waals surface area contributed by atoms with Gasteiger partial charge in [0.1, 0.15) is 0 Å². The zero-order valence-electron chi connectivity index (χ0n) is 8.24. The monoisotopic (exact) mass is 197 g/mol. The highest BCUT2D eigenvalue weighted by atomic mass is 32.1. The molecule has 0 aliphatic rings. The quantitative estimate of drug-likeness (QED) is 0.575. The SMILES string of the molecule is CN=C(N)N(C)Cc1sccc1C. The molecule has 0 atom stereocenters. The third kappa shape index (κ3) is 2.45. The van der Waals surface area contributed by atoms with Crippen molar-refractivity contribution in [2.24, 2.45) is 10.7 Å². The van der Waals surface area contributed by atoms with Crippen LogP contribution in [0.3, 0.4) is 0 Å². The molecule has 2 N–H and O–H groups in total. The number of rotatable bonds is 2. The van der Waals surface area contributed by atoms with Gasteiger partial charge in [0.05, 0.1) is 6.54 Å². The Morgan fingerprint density at radius 2 is 2.38 bits per heavy atom. The van der Waals surface area contributed by atoms with Crippen molar-refractivity contribution in [3.8, 4) is 0 Å². The zero-order valence-corrected chi connectivity index (χ0v) is 9.06. The summed E-state index contributed by atoms with van der Waals surface area (Å²) in [6.45, 7) is 2.95. The van der Waals surface area contributed by atoms with Crippen molar-refractivity contribution in [1.82, 2.24) is 4.90 Å². The van der Waals surface area contributed by atoms with Gasteiger partial charge in [-0.2, -0.15) is 0 Å². The molecule has 1 aromatic heterocycles. The third-order valence-corrected chi connectivity index (χ3v) is 2.98. The summed E-state index contributed by atoms with van der Waals surface area (Å²) in [6, 6.07) is 2.12. The zero-order chi connectivity index (χ0) is 9.84. The number of nitrogens with two attached hydrogens (primary N) is 1. The van der Waals surface area contributed by atoms with Gasteiger partial charge >= 0.3 is 0 Å². The summed E-state index contributed by atoms with van der Waals surface area (Å²) in [5.74, 6) is 0.577. The van der Waals surface area contributed by atoms with E-state index in [1.54, 1.807) is 18.4 Å². The molecule has 0 spiro atoms. The minimum Gasteiger partial charge on any atom is -0.370 e. The van der Waals surface area contributed by atoms with Gasteiger partial charge in [-0.1, -0.05) is 0 Å². The summed E-state index contributed by atoms with van der Waals surface area (Å²) in [5, 5.41) is 2.10. The van der Waals surface area contributed by atoms with E-state index in [1.165, 1.54) is 10.4 Å². The first-order valence-corrected chi connectivity index (χ1v) is 4.99. The summed E-state index contributed by atoms with van der Waals surface area (Å²) < 4.78 is 0. The van der Waals surface area contributed by atoms with Gasteiger partial charge in [-0.25, -0.2) is 0 Å². The molecular formula is C9H15N3S. The fraction of sp³-hybridized carbons (Fsp3) is 0.444. The predicted octanol–water partition coefficient (Wildman–Crippen LogP) is 1.43. The highest BCUT2D eigenvalue weighted by Gasteiger charge is 2.05. The van der Waals surface area contributed by atoms with Crippen LogP contribution in [0, 0.1) is 6.92 Å². The van der Waals surface area contributed by atoms with E-state index in [4.69, 9.17) is 5.73 Å². The number of aliphatic imine (C=N–C) groups is 1. The molecule has 0 radical (unpaired) electrons. The molecule has 0 unspecified atom stereocenters. The second-order valence-electron chi connectivity index (χ2n) is 2.96. The normalized spacial score (nSPS) is 11.8. The summed E-state index contributed by atoms with van der Waals surface area (Å²) >= 11 is 1.75. The summed E-state index contributed by atoms with van der Waals surface area (Å²) in [7, 11) is 3.65. The summed E-state index contributed by atoms with van der Waals surface area (Å²) in [4.78, 5) is 7.21. The number of thiophene rings is 1. The van der Waals surface area contributed by atoms with E-state index in [1.807, 2.05) is 11.9 Å². The summed E-state index contributed by atoms with van der Waals surface area (Å²) in [6.07, 6.45) is 0. The van der Waals surface area contributed by atoms with Crippen molar-refractivity contribution in [1.29, 1.82) is 0 Å². The fourth-order valence-electron chi connectivity index (χ4n) is 1.03. The topological polar surface area (TPSA) is 41.6 Å². The fourth-order valence-corrected chi connectivity index (χ4v) is 1.99. The first-order chi connectivity index (χ1) is 6.15. The minimum atomic E-state index is 0.577. The molecule has 3 nitrogen and oxygen atoms in total. The average Bonchev–Trinajstić information content (AvgIpc) is 2.50. The van der Waals surface area contributed by atoms with Crippen molar-refractivity contribution in [2.75, 3.05) is 14.1 Å². The molecule has 13 heavy (non-hydrogen) atoms. The number of nitrogens with zero attached hydrogens (tertiary/aromatic N) is 2. The van der Waals surface area contributed by atoms with Crippen LogP contribution < -0.4 is 5.73 Å². The van der Waals surface area contributed by atoms with E-state index in [9.17, 15) is 0 Å². The number of guanidine groups is 1. The Hall–Kier alpha value is -1.03. The Labute approximate surface area is 82.9 Å². The van der Waals surface area contributed by atoms with Crippen molar-refractivity contribution in [2.45, 2.75) is 13.5 Å². The molecule has 72 valence electrons. The first-order valence-electron chi connectivity index (χ1n) is 4.11. The largest absolute Gasteiger partial charge is 0.370 e. The van der Waals surface area contributed by atoms with Gasteiger partial charge in [0.2, 0.25) is 0 Å². The van der Waals surface area contributed by atoms with E-state index in [0.29, 0.717) is 5.96 Å². The molecule has 0 bridgehead atoms. The Bertz CT molecular complexity index is 304. The van der Waals surface area contributed by atoms with E-state index in [2.05, 4.69) is 23.4 Å². The van der Waals surface area contributed by atoms with E-state index in [-0.39, 0.29) is 0 Å². The molecule has 1 aromatic rings. The molecule has 0 amide bonds. The van der Waals surface area contributed by atoms with Crippen molar-refractivity contribution in [3.63, 3.8) is 0 Å². The number of hydrogen-bond acceptors (Lipinski definition) is 2. The van der Waals surface area contributed by atoms with Crippen LogP contribution >= 0.6 is 11.3 Å². The van der Waals surface area contributed by atoms with Crippen LogP contribution in [0.25, 0.3) is 0 Å². The van der Waals surface area contributed by atoms with Gasteiger partial charge < -0.3 is 10.6 Å². The number of aryl methyl sites for hydroxylation is 1. The molecule has 0 aliphatic heterocycles. The highest BCUT2D eigenvalue weighted by Crippen LogP contribution is 2.16.